The maximum atomic E-state index is 13.8. The predicted molar refractivity (Wildman–Crippen MR) is 79.1 cm³/mol. The molecule has 0 aromatic heterocycles. The highest BCUT2D eigenvalue weighted by atomic mass is 79.9. The van der Waals surface area contributed by atoms with Gasteiger partial charge in [0.25, 0.3) is 0 Å². The van der Waals surface area contributed by atoms with E-state index in [1.165, 1.54) is 12.8 Å². The molecule has 0 fully saturated rings. The van der Waals surface area contributed by atoms with E-state index in [0.29, 0.717) is 12.5 Å². The molecule has 3 heteroatoms. The van der Waals surface area contributed by atoms with Crippen LogP contribution in [0.1, 0.15) is 39.2 Å². The molecule has 0 aliphatic rings. The van der Waals surface area contributed by atoms with Crippen molar-refractivity contribution in [1.82, 2.24) is 4.90 Å². The first kappa shape index (κ1) is 15.6. The zero-order chi connectivity index (χ0) is 13.5. The van der Waals surface area contributed by atoms with Crippen molar-refractivity contribution in [2.75, 3.05) is 13.1 Å². The Labute approximate surface area is 119 Å². The molecular weight excluding hydrogens is 293 g/mol. The maximum absolute atomic E-state index is 13.8. The minimum Gasteiger partial charge on any atom is -0.299 e. The van der Waals surface area contributed by atoms with Crippen LogP contribution in [0.2, 0.25) is 0 Å². The normalized spacial score (nSPS) is 11.5. The zero-order valence-electron chi connectivity index (χ0n) is 11.5. The van der Waals surface area contributed by atoms with Crippen LogP contribution in [-0.4, -0.2) is 18.0 Å². The van der Waals surface area contributed by atoms with Gasteiger partial charge in [0.1, 0.15) is 5.82 Å². The summed E-state index contributed by atoms with van der Waals surface area (Å²) in [6.45, 7) is 9.31. The molecule has 0 unspecified atom stereocenters. The molecule has 0 N–H and O–H groups in total. The quantitative estimate of drug-likeness (QED) is 0.695. The summed E-state index contributed by atoms with van der Waals surface area (Å²) < 4.78 is 14.6. The fourth-order valence-electron chi connectivity index (χ4n) is 2.11. The molecule has 0 aliphatic heterocycles. The Morgan fingerprint density at radius 3 is 2.39 bits per heavy atom. The van der Waals surface area contributed by atoms with Crippen molar-refractivity contribution >= 4 is 15.9 Å². The maximum Gasteiger partial charge on any atom is 0.128 e. The molecule has 0 saturated heterocycles. The molecule has 0 heterocycles. The molecule has 0 radical (unpaired) electrons. The molecule has 1 aromatic rings. The third kappa shape index (κ3) is 4.69. The third-order valence-corrected chi connectivity index (χ3v) is 4.02. The second-order valence-corrected chi connectivity index (χ2v) is 5.66. The molecule has 0 amide bonds. The van der Waals surface area contributed by atoms with Gasteiger partial charge in [-0.1, -0.05) is 55.6 Å². The smallest absolute Gasteiger partial charge is 0.128 e. The summed E-state index contributed by atoms with van der Waals surface area (Å²) in [6, 6.07) is 5.32. The molecule has 18 heavy (non-hydrogen) atoms. The largest absolute Gasteiger partial charge is 0.299 e. The Kier molecular flexibility index (Phi) is 6.87. The SMILES string of the molecule is CCC(CC)CN(CC)Cc1ccc(Br)cc1F. The molecular formula is C15H23BrFN. The number of benzene rings is 1. The average molecular weight is 316 g/mol. The number of halogens is 2. The summed E-state index contributed by atoms with van der Waals surface area (Å²) >= 11 is 3.29. The standard InChI is InChI=1S/C15H23BrFN/c1-4-12(5-2)10-18(6-3)11-13-7-8-14(16)9-15(13)17/h7-9,12H,4-6,10-11H2,1-3H3. The van der Waals surface area contributed by atoms with Crippen molar-refractivity contribution in [3.05, 3.63) is 34.1 Å². The Balaban J connectivity index is 2.67. The summed E-state index contributed by atoms with van der Waals surface area (Å²) in [4.78, 5) is 2.32. The number of rotatable bonds is 7. The van der Waals surface area contributed by atoms with Crippen LogP contribution >= 0.6 is 15.9 Å². The van der Waals surface area contributed by atoms with Crippen LogP contribution in [0.4, 0.5) is 4.39 Å². The second kappa shape index (κ2) is 7.90. The van der Waals surface area contributed by atoms with E-state index in [9.17, 15) is 4.39 Å². The average Bonchev–Trinajstić information content (AvgIpc) is 2.37. The lowest BCUT2D eigenvalue weighted by Gasteiger charge is -2.25. The van der Waals surface area contributed by atoms with Gasteiger partial charge in [-0.3, -0.25) is 4.90 Å². The topological polar surface area (TPSA) is 3.24 Å². The summed E-state index contributed by atoms with van der Waals surface area (Å²) in [7, 11) is 0. The van der Waals surface area contributed by atoms with Gasteiger partial charge in [0.15, 0.2) is 0 Å². The molecule has 0 bridgehead atoms. The molecule has 1 nitrogen and oxygen atoms in total. The number of hydrogen-bond donors (Lipinski definition) is 0. The van der Waals surface area contributed by atoms with Gasteiger partial charge in [-0.25, -0.2) is 4.39 Å². The fourth-order valence-corrected chi connectivity index (χ4v) is 2.44. The van der Waals surface area contributed by atoms with Crippen LogP contribution in [0.15, 0.2) is 22.7 Å². The van der Waals surface area contributed by atoms with Crippen molar-refractivity contribution in [3.63, 3.8) is 0 Å². The van der Waals surface area contributed by atoms with Crippen molar-refractivity contribution in [2.24, 2.45) is 5.92 Å². The summed E-state index contributed by atoms with van der Waals surface area (Å²) in [5, 5.41) is 0. The van der Waals surface area contributed by atoms with E-state index in [0.717, 1.165) is 23.1 Å². The van der Waals surface area contributed by atoms with Gasteiger partial charge in [-0.2, -0.15) is 0 Å². The van der Waals surface area contributed by atoms with Crippen molar-refractivity contribution in [2.45, 2.75) is 40.2 Å². The highest BCUT2D eigenvalue weighted by Gasteiger charge is 2.12. The number of nitrogens with zero attached hydrogens (tertiary/aromatic N) is 1. The summed E-state index contributed by atoms with van der Waals surface area (Å²) in [6.07, 6.45) is 2.38. The Hall–Kier alpha value is -0.410. The Morgan fingerprint density at radius 1 is 1.22 bits per heavy atom. The van der Waals surface area contributed by atoms with Gasteiger partial charge in [-0.15, -0.1) is 0 Å². The first-order valence-electron chi connectivity index (χ1n) is 6.76. The van der Waals surface area contributed by atoms with Crippen LogP contribution in [-0.2, 0) is 6.54 Å². The lowest BCUT2D eigenvalue weighted by atomic mass is 10.0. The van der Waals surface area contributed by atoms with Crippen LogP contribution in [0.3, 0.4) is 0 Å². The van der Waals surface area contributed by atoms with E-state index in [4.69, 9.17) is 0 Å². The van der Waals surface area contributed by atoms with E-state index >= 15 is 0 Å². The molecule has 1 aromatic carbocycles. The minimum absolute atomic E-state index is 0.118. The number of hydrogen-bond acceptors (Lipinski definition) is 1. The minimum atomic E-state index is -0.118. The zero-order valence-corrected chi connectivity index (χ0v) is 13.1. The molecule has 1 rings (SSSR count). The van der Waals surface area contributed by atoms with Gasteiger partial charge >= 0.3 is 0 Å². The third-order valence-electron chi connectivity index (χ3n) is 3.53. The van der Waals surface area contributed by atoms with Gasteiger partial charge in [0, 0.05) is 23.1 Å². The monoisotopic (exact) mass is 315 g/mol. The molecule has 0 saturated carbocycles. The summed E-state index contributed by atoms with van der Waals surface area (Å²) in [5.41, 5.74) is 0.783. The van der Waals surface area contributed by atoms with Gasteiger partial charge < -0.3 is 0 Å². The van der Waals surface area contributed by atoms with Gasteiger partial charge in [0.05, 0.1) is 0 Å². The fraction of sp³-hybridized carbons (Fsp3) is 0.600. The predicted octanol–water partition coefficient (Wildman–Crippen LogP) is 4.85. The van der Waals surface area contributed by atoms with E-state index in [1.54, 1.807) is 6.07 Å². The van der Waals surface area contributed by atoms with E-state index < -0.39 is 0 Å². The van der Waals surface area contributed by atoms with Crippen LogP contribution in [0.5, 0.6) is 0 Å². The highest BCUT2D eigenvalue weighted by Crippen LogP contribution is 2.18. The van der Waals surface area contributed by atoms with Crippen LogP contribution < -0.4 is 0 Å². The van der Waals surface area contributed by atoms with Gasteiger partial charge in [0.2, 0.25) is 0 Å². The van der Waals surface area contributed by atoms with Crippen molar-refractivity contribution in [1.29, 1.82) is 0 Å². The Morgan fingerprint density at radius 2 is 1.89 bits per heavy atom. The lowest BCUT2D eigenvalue weighted by Crippen LogP contribution is -2.29. The first-order chi connectivity index (χ1) is 8.60. The molecule has 102 valence electrons. The van der Waals surface area contributed by atoms with E-state index in [2.05, 4.69) is 41.6 Å². The molecule has 0 atom stereocenters. The van der Waals surface area contributed by atoms with Crippen molar-refractivity contribution in [3.8, 4) is 0 Å². The van der Waals surface area contributed by atoms with Crippen molar-refractivity contribution < 1.29 is 4.39 Å². The van der Waals surface area contributed by atoms with E-state index in [-0.39, 0.29) is 5.82 Å². The second-order valence-electron chi connectivity index (χ2n) is 4.75. The van der Waals surface area contributed by atoms with Crippen LogP contribution in [0, 0.1) is 11.7 Å². The first-order valence-corrected chi connectivity index (χ1v) is 7.56. The Bertz CT molecular complexity index is 364. The lowest BCUT2D eigenvalue weighted by molar-refractivity contribution is 0.223. The van der Waals surface area contributed by atoms with Crippen LogP contribution in [0.25, 0.3) is 0 Å². The molecule has 0 spiro atoms. The van der Waals surface area contributed by atoms with E-state index in [1.807, 2.05) is 12.1 Å². The molecule has 0 aliphatic carbocycles. The summed E-state index contributed by atoms with van der Waals surface area (Å²) in [5.74, 6) is 0.593. The van der Waals surface area contributed by atoms with Gasteiger partial charge in [-0.05, 0) is 24.6 Å². The highest BCUT2D eigenvalue weighted by molar-refractivity contribution is 9.10.